The van der Waals surface area contributed by atoms with Gasteiger partial charge < -0.3 is 9.47 Å². The van der Waals surface area contributed by atoms with Gasteiger partial charge in [-0.15, -0.1) is 11.3 Å². The standard InChI is InChI=1S/C54H32N2S/c1-2-13-35-33(12-1)24-28-50-54(35)45-19-7-9-22-46(45)56(50)48-31-30-47(38-16-5-6-17-39(38)48)55(34-25-26-41-40-18-8-10-23-51(40)57-52(41)32-34)49-29-27-43-37-15-4-3-14-36(37)42-20-11-21-44(49)53(42)43/h1-32H. The first-order valence-electron chi connectivity index (χ1n) is 19.6. The van der Waals surface area contributed by atoms with E-state index in [9.17, 15) is 0 Å². The lowest BCUT2D eigenvalue weighted by atomic mass is 9.99. The monoisotopic (exact) mass is 740 g/mol. The molecule has 0 atom stereocenters. The molecule has 0 saturated heterocycles. The van der Waals surface area contributed by atoms with Gasteiger partial charge in [-0.3, -0.25) is 0 Å². The molecule has 13 rings (SSSR count). The first kappa shape index (κ1) is 31.1. The van der Waals surface area contributed by atoms with E-state index in [4.69, 9.17) is 0 Å². The fourth-order valence-electron chi connectivity index (χ4n) is 9.91. The van der Waals surface area contributed by atoms with Gasteiger partial charge >= 0.3 is 0 Å². The Morgan fingerprint density at radius 1 is 0.351 bits per heavy atom. The van der Waals surface area contributed by atoms with Crippen LogP contribution in [-0.2, 0) is 0 Å². The van der Waals surface area contributed by atoms with Crippen LogP contribution >= 0.6 is 11.3 Å². The van der Waals surface area contributed by atoms with E-state index in [1.165, 1.54) is 108 Å². The number of para-hydroxylation sites is 1. The molecule has 0 spiro atoms. The molecule has 1 aliphatic carbocycles. The third-order valence-corrected chi connectivity index (χ3v) is 13.4. The molecule has 0 bridgehead atoms. The Hall–Kier alpha value is -7.20. The van der Waals surface area contributed by atoms with Gasteiger partial charge in [0.15, 0.2) is 0 Å². The topological polar surface area (TPSA) is 8.17 Å². The quantitative estimate of drug-likeness (QED) is 0.174. The predicted molar refractivity (Wildman–Crippen MR) is 245 cm³/mol. The van der Waals surface area contributed by atoms with Crippen molar-refractivity contribution in [2.24, 2.45) is 0 Å². The minimum Gasteiger partial charge on any atom is -0.309 e. The van der Waals surface area contributed by atoms with Gasteiger partial charge in [-0.05, 0) is 86.9 Å². The highest BCUT2D eigenvalue weighted by Crippen LogP contribution is 2.52. The van der Waals surface area contributed by atoms with E-state index < -0.39 is 0 Å². The second-order valence-electron chi connectivity index (χ2n) is 15.2. The smallest absolute Gasteiger partial charge is 0.0547 e. The summed E-state index contributed by atoms with van der Waals surface area (Å²) in [6, 6.07) is 72.1. The first-order valence-corrected chi connectivity index (χ1v) is 20.4. The van der Waals surface area contributed by atoms with Gasteiger partial charge in [-0.25, -0.2) is 0 Å². The van der Waals surface area contributed by atoms with Gasteiger partial charge in [0.25, 0.3) is 0 Å². The summed E-state index contributed by atoms with van der Waals surface area (Å²) < 4.78 is 5.08. The van der Waals surface area contributed by atoms with Crippen LogP contribution in [-0.4, -0.2) is 4.57 Å². The number of thiophene rings is 1. The van der Waals surface area contributed by atoms with Crippen molar-refractivity contribution < 1.29 is 0 Å². The highest BCUT2D eigenvalue weighted by atomic mass is 32.1. The second-order valence-corrected chi connectivity index (χ2v) is 16.3. The highest BCUT2D eigenvalue weighted by Gasteiger charge is 2.26. The Labute approximate surface area is 332 Å². The molecule has 0 radical (unpaired) electrons. The van der Waals surface area contributed by atoms with Crippen molar-refractivity contribution in [1.82, 2.24) is 4.57 Å². The van der Waals surface area contributed by atoms with Crippen LogP contribution in [0.2, 0.25) is 0 Å². The van der Waals surface area contributed by atoms with Crippen molar-refractivity contribution in [3.8, 4) is 27.9 Å². The molecule has 0 N–H and O–H groups in total. The van der Waals surface area contributed by atoms with Crippen molar-refractivity contribution >= 4 is 103 Å². The molecule has 264 valence electrons. The maximum absolute atomic E-state index is 2.52. The molecule has 2 heterocycles. The molecule has 2 aromatic heterocycles. The van der Waals surface area contributed by atoms with E-state index in [0.717, 1.165) is 11.4 Å². The van der Waals surface area contributed by atoms with Crippen molar-refractivity contribution in [3.05, 3.63) is 194 Å². The molecular weight excluding hydrogens is 709 g/mol. The zero-order valence-electron chi connectivity index (χ0n) is 30.8. The van der Waals surface area contributed by atoms with Crippen molar-refractivity contribution in [2.45, 2.75) is 0 Å². The third kappa shape index (κ3) is 4.29. The van der Waals surface area contributed by atoms with E-state index in [0.29, 0.717) is 0 Å². The van der Waals surface area contributed by atoms with Crippen LogP contribution in [0.5, 0.6) is 0 Å². The fourth-order valence-corrected chi connectivity index (χ4v) is 11.0. The molecular formula is C54H32N2S. The summed E-state index contributed by atoms with van der Waals surface area (Å²) in [4.78, 5) is 2.52. The van der Waals surface area contributed by atoms with E-state index in [1.807, 2.05) is 11.3 Å². The lowest BCUT2D eigenvalue weighted by Gasteiger charge is -2.29. The minimum atomic E-state index is 1.14. The summed E-state index contributed by atoms with van der Waals surface area (Å²) in [5.74, 6) is 0. The number of anilines is 3. The Balaban J connectivity index is 1.10. The van der Waals surface area contributed by atoms with Crippen LogP contribution in [0, 0.1) is 0 Å². The molecule has 0 unspecified atom stereocenters. The van der Waals surface area contributed by atoms with Crippen LogP contribution < -0.4 is 4.90 Å². The van der Waals surface area contributed by atoms with Crippen molar-refractivity contribution in [3.63, 3.8) is 0 Å². The van der Waals surface area contributed by atoms with Gasteiger partial charge in [-0.1, -0.05) is 146 Å². The number of hydrogen-bond acceptors (Lipinski definition) is 2. The maximum Gasteiger partial charge on any atom is 0.0547 e. The summed E-state index contributed by atoms with van der Waals surface area (Å²) in [6.45, 7) is 0. The van der Waals surface area contributed by atoms with E-state index in [-0.39, 0.29) is 0 Å². The molecule has 10 aromatic carbocycles. The molecule has 1 aliphatic rings. The number of fused-ring (bicyclic) bond motifs is 12. The van der Waals surface area contributed by atoms with Gasteiger partial charge in [0.05, 0.1) is 28.1 Å². The molecule has 2 nitrogen and oxygen atoms in total. The number of nitrogens with zero attached hydrogens (tertiary/aromatic N) is 2. The van der Waals surface area contributed by atoms with Crippen LogP contribution in [0.3, 0.4) is 0 Å². The lowest BCUT2D eigenvalue weighted by Crippen LogP contribution is -2.11. The van der Waals surface area contributed by atoms with Gasteiger partial charge in [0, 0.05) is 52.8 Å². The number of rotatable bonds is 4. The van der Waals surface area contributed by atoms with Crippen LogP contribution in [0.1, 0.15) is 0 Å². The van der Waals surface area contributed by atoms with E-state index in [1.54, 1.807) is 0 Å². The lowest BCUT2D eigenvalue weighted by molar-refractivity contribution is 1.19. The normalized spacial score (nSPS) is 12.2. The molecule has 0 fully saturated rings. The summed E-state index contributed by atoms with van der Waals surface area (Å²) in [5.41, 5.74) is 12.3. The van der Waals surface area contributed by atoms with Gasteiger partial charge in [-0.2, -0.15) is 0 Å². The van der Waals surface area contributed by atoms with E-state index >= 15 is 0 Å². The number of hydrogen-bond donors (Lipinski definition) is 0. The number of aromatic nitrogens is 1. The Morgan fingerprint density at radius 2 is 0.982 bits per heavy atom. The molecule has 0 aliphatic heterocycles. The maximum atomic E-state index is 2.52. The average molecular weight is 741 g/mol. The van der Waals surface area contributed by atoms with Gasteiger partial charge in [0.2, 0.25) is 0 Å². The summed E-state index contributed by atoms with van der Waals surface area (Å²) in [6.07, 6.45) is 0. The van der Waals surface area contributed by atoms with E-state index in [2.05, 4.69) is 204 Å². The van der Waals surface area contributed by atoms with Crippen LogP contribution in [0.15, 0.2) is 194 Å². The zero-order valence-corrected chi connectivity index (χ0v) is 31.6. The largest absolute Gasteiger partial charge is 0.309 e. The number of benzene rings is 10. The third-order valence-electron chi connectivity index (χ3n) is 12.3. The summed E-state index contributed by atoms with van der Waals surface area (Å²) >= 11 is 1.87. The molecule has 3 heteroatoms. The van der Waals surface area contributed by atoms with Crippen molar-refractivity contribution in [2.75, 3.05) is 4.90 Å². The summed E-state index contributed by atoms with van der Waals surface area (Å²) in [5, 5.41) is 12.7. The minimum absolute atomic E-state index is 1.14. The SMILES string of the molecule is c1ccc2c(c1)-c1cccc3c(N(c4ccc5c(c4)sc4ccccc45)c4ccc(-n5c6ccccc6c6c7ccccc7ccc65)c5ccccc45)ccc-2c13. The Morgan fingerprint density at radius 3 is 1.86 bits per heavy atom. The average Bonchev–Trinajstić information content (AvgIpc) is 3.93. The fraction of sp³-hybridized carbons (Fsp3) is 0. The molecule has 57 heavy (non-hydrogen) atoms. The van der Waals surface area contributed by atoms with Crippen LogP contribution in [0.4, 0.5) is 17.1 Å². The molecule has 12 aromatic rings. The zero-order chi connectivity index (χ0) is 37.2. The predicted octanol–water partition coefficient (Wildman–Crippen LogP) is 15.7. The van der Waals surface area contributed by atoms with Crippen molar-refractivity contribution in [1.29, 1.82) is 0 Å². The second kappa shape index (κ2) is 11.7. The molecule has 0 amide bonds. The Kier molecular flexibility index (Phi) is 6.35. The highest BCUT2D eigenvalue weighted by molar-refractivity contribution is 7.25. The molecule has 0 saturated carbocycles. The van der Waals surface area contributed by atoms with Gasteiger partial charge in [0.1, 0.15) is 0 Å². The summed E-state index contributed by atoms with van der Waals surface area (Å²) in [7, 11) is 0. The first-order chi connectivity index (χ1) is 28.3. The Bertz CT molecular complexity index is 3630. The van der Waals surface area contributed by atoms with Crippen LogP contribution in [0.25, 0.3) is 102 Å².